The Morgan fingerprint density at radius 1 is 1.15 bits per heavy atom. The molecule has 4 nitrogen and oxygen atoms in total. The van der Waals surface area contributed by atoms with E-state index in [0.717, 1.165) is 29.2 Å². The number of rotatable bonds is 4. The van der Waals surface area contributed by atoms with E-state index in [0.29, 0.717) is 0 Å². The minimum atomic E-state index is 0.797. The number of benzene rings is 1. The van der Waals surface area contributed by atoms with Crippen LogP contribution in [0.25, 0.3) is 5.52 Å². The molecule has 3 rings (SSSR count). The van der Waals surface area contributed by atoms with Gasteiger partial charge in [-0.3, -0.25) is 0 Å². The number of nitrogens with zero attached hydrogens (tertiary/aromatic N) is 2. The van der Waals surface area contributed by atoms with E-state index in [-0.39, 0.29) is 0 Å². The predicted octanol–water partition coefficient (Wildman–Crippen LogP) is 2.98. The number of nitrogens with one attached hydrogen (secondary N) is 1. The zero-order valence-electron chi connectivity index (χ0n) is 11.6. The number of pyridine rings is 1. The molecule has 0 atom stereocenters. The van der Waals surface area contributed by atoms with Gasteiger partial charge in [0.2, 0.25) is 0 Å². The molecule has 0 fully saturated rings. The molecular weight excluding hydrogens is 250 g/mol. The molecule has 0 aliphatic rings. The van der Waals surface area contributed by atoms with Crippen molar-refractivity contribution in [2.75, 3.05) is 19.5 Å². The van der Waals surface area contributed by atoms with Crippen LogP contribution in [0.2, 0.25) is 0 Å². The van der Waals surface area contributed by atoms with Crippen molar-refractivity contribution in [3.8, 4) is 5.75 Å². The van der Waals surface area contributed by atoms with Crippen molar-refractivity contribution in [3.05, 3.63) is 60.2 Å². The van der Waals surface area contributed by atoms with Gasteiger partial charge in [-0.1, -0.05) is 12.1 Å². The Bertz CT molecular complexity index is 716. The van der Waals surface area contributed by atoms with Crippen LogP contribution in [0.3, 0.4) is 0 Å². The van der Waals surface area contributed by atoms with Gasteiger partial charge < -0.3 is 14.5 Å². The van der Waals surface area contributed by atoms with Gasteiger partial charge in [0, 0.05) is 19.7 Å². The first-order valence-corrected chi connectivity index (χ1v) is 6.57. The highest BCUT2D eigenvalue weighted by molar-refractivity contribution is 5.54. The topological polar surface area (TPSA) is 38.6 Å². The molecule has 0 bridgehead atoms. The number of aromatic nitrogens is 2. The molecule has 2 heterocycles. The van der Waals surface area contributed by atoms with Crippen LogP contribution < -0.4 is 10.1 Å². The third-order valence-electron chi connectivity index (χ3n) is 3.41. The zero-order chi connectivity index (χ0) is 13.9. The van der Waals surface area contributed by atoms with E-state index in [2.05, 4.69) is 39.1 Å². The van der Waals surface area contributed by atoms with E-state index in [9.17, 15) is 0 Å². The van der Waals surface area contributed by atoms with Gasteiger partial charge in [0.25, 0.3) is 0 Å². The van der Waals surface area contributed by atoms with Crippen molar-refractivity contribution >= 4 is 11.2 Å². The van der Waals surface area contributed by atoms with Gasteiger partial charge in [-0.05, 0) is 29.8 Å². The lowest BCUT2D eigenvalue weighted by Crippen LogP contribution is -1.98. The van der Waals surface area contributed by atoms with Gasteiger partial charge >= 0.3 is 0 Å². The second-order valence-electron chi connectivity index (χ2n) is 4.66. The summed E-state index contributed by atoms with van der Waals surface area (Å²) in [4.78, 5) is 4.51. The van der Waals surface area contributed by atoms with Crippen LogP contribution in [-0.2, 0) is 6.42 Å². The Hall–Kier alpha value is -2.49. The molecule has 0 radical (unpaired) electrons. The summed E-state index contributed by atoms with van der Waals surface area (Å²) in [5.41, 5.74) is 3.40. The summed E-state index contributed by atoms with van der Waals surface area (Å²) in [6.45, 7) is 0. The maximum Gasteiger partial charge on any atom is 0.118 e. The van der Waals surface area contributed by atoms with Crippen molar-refractivity contribution in [1.29, 1.82) is 0 Å². The van der Waals surface area contributed by atoms with Crippen LogP contribution in [0, 0.1) is 0 Å². The standard InChI is InChI=1S/C16H17N3O/c1-17-13-5-6-14-10-18-16(19(14)11-13)9-12-3-7-15(20-2)8-4-12/h3-8,10-11,17H,9H2,1-2H3. The summed E-state index contributed by atoms with van der Waals surface area (Å²) in [7, 11) is 3.59. The summed E-state index contributed by atoms with van der Waals surface area (Å²) in [6, 6.07) is 12.2. The van der Waals surface area contributed by atoms with Crippen LogP contribution in [0.1, 0.15) is 11.4 Å². The molecule has 0 spiro atoms. The molecule has 0 amide bonds. The van der Waals surface area contributed by atoms with Crippen LogP contribution >= 0.6 is 0 Å². The Balaban J connectivity index is 1.93. The second-order valence-corrected chi connectivity index (χ2v) is 4.66. The zero-order valence-corrected chi connectivity index (χ0v) is 11.6. The van der Waals surface area contributed by atoms with E-state index in [1.165, 1.54) is 5.56 Å². The molecule has 0 aliphatic heterocycles. The van der Waals surface area contributed by atoms with E-state index >= 15 is 0 Å². The lowest BCUT2D eigenvalue weighted by molar-refractivity contribution is 0.414. The van der Waals surface area contributed by atoms with Crippen LogP contribution in [0.5, 0.6) is 5.75 Å². The largest absolute Gasteiger partial charge is 0.497 e. The van der Waals surface area contributed by atoms with E-state index < -0.39 is 0 Å². The number of methoxy groups -OCH3 is 1. The van der Waals surface area contributed by atoms with Gasteiger partial charge in [0.1, 0.15) is 11.6 Å². The fraction of sp³-hybridized carbons (Fsp3) is 0.188. The third-order valence-corrected chi connectivity index (χ3v) is 3.41. The SMILES string of the molecule is CNc1ccc2cnc(Cc3ccc(OC)cc3)n2c1. The molecule has 0 saturated carbocycles. The first-order chi connectivity index (χ1) is 9.80. The Morgan fingerprint density at radius 3 is 2.65 bits per heavy atom. The second kappa shape index (κ2) is 5.25. The fourth-order valence-electron chi connectivity index (χ4n) is 2.25. The molecule has 0 saturated heterocycles. The quantitative estimate of drug-likeness (QED) is 0.789. The fourth-order valence-corrected chi connectivity index (χ4v) is 2.25. The molecule has 102 valence electrons. The average Bonchev–Trinajstić information content (AvgIpc) is 2.90. The smallest absolute Gasteiger partial charge is 0.118 e. The van der Waals surface area contributed by atoms with Crippen LogP contribution in [0.4, 0.5) is 5.69 Å². The highest BCUT2D eigenvalue weighted by Crippen LogP contribution is 2.17. The highest BCUT2D eigenvalue weighted by atomic mass is 16.5. The molecule has 3 aromatic rings. The lowest BCUT2D eigenvalue weighted by atomic mass is 10.1. The summed E-state index contributed by atoms with van der Waals surface area (Å²) in [5.74, 6) is 1.90. The Labute approximate surface area is 118 Å². The van der Waals surface area contributed by atoms with Crippen LogP contribution in [-0.4, -0.2) is 23.5 Å². The predicted molar refractivity (Wildman–Crippen MR) is 80.5 cm³/mol. The number of hydrogen-bond acceptors (Lipinski definition) is 3. The molecule has 4 heteroatoms. The van der Waals surface area contributed by atoms with Gasteiger partial charge in [-0.15, -0.1) is 0 Å². The third kappa shape index (κ3) is 2.32. The molecule has 1 aromatic carbocycles. The number of anilines is 1. The lowest BCUT2D eigenvalue weighted by Gasteiger charge is -2.05. The van der Waals surface area contributed by atoms with Crippen molar-refractivity contribution in [2.24, 2.45) is 0 Å². The highest BCUT2D eigenvalue weighted by Gasteiger charge is 2.05. The van der Waals surface area contributed by atoms with Gasteiger partial charge in [0.05, 0.1) is 24.5 Å². The number of hydrogen-bond donors (Lipinski definition) is 1. The van der Waals surface area contributed by atoms with Gasteiger partial charge in [-0.25, -0.2) is 4.98 Å². The summed E-state index contributed by atoms with van der Waals surface area (Å²) in [5, 5.41) is 3.15. The number of imidazole rings is 1. The maximum atomic E-state index is 5.18. The summed E-state index contributed by atoms with van der Waals surface area (Å²) in [6.07, 6.45) is 4.77. The summed E-state index contributed by atoms with van der Waals surface area (Å²) < 4.78 is 7.30. The van der Waals surface area contributed by atoms with E-state index in [1.54, 1.807) is 7.11 Å². The minimum absolute atomic E-state index is 0.797. The molecular formula is C16H17N3O. The normalized spacial score (nSPS) is 10.7. The number of fused-ring (bicyclic) bond motifs is 1. The average molecular weight is 267 g/mol. The van der Waals surface area contributed by atoms with Crippen molar-refractivity contribution in [1.82, 2.24) is 9.38 Å². The maximum absolute atomic E-state index is 5.18. The Kier molecular flexibility index (Phi) is 3.29. The van der Waals surface area contributed by atoms with Gasteiger partial charge in [0.15, 0.2) is 0 Å². The molecule has 0 unspecified atom stereocenters. The molecule has 0 aliphatic carbocycles. The Morgan fingerprint density at radius 2 is 1.95 bits per heavy atom. The van der Waals surface area contributed by atoms with E-state index in [4.69, 9.17) is 4.74 Å². The summed E-state index contributed by atoms with van der Waals surface area (Å²) >= 11 is 0. The first kappa shape index (κ1) is 12.5. The minimum Gasteiger partial charge on any atom is -0.497 e. The number of ether oxygens (including phenoxy) is 1. The van der Waals surface area contributed by atoms with Crippen molar-refractivity contribution < 1.29 is 4.74 Å². The van der Waals surface area contributed by atoms with Gasteiger partial charge in [-0.2, -0.15) is 0 Å². The molecule has 2 aromatic heterocycles. The van der Waals surface area contributed by atoms with Crippen molar-refractivity contribution in [2.45, 2.75) is 6.42 Å². The van der Waals surface area contributed by atoms with Crippen molar-refractivity contribution in [3.63, 3.8) is 0 Å². The monoisotopic (exact) mass is 267 g/mol. The van der Waals surface area contributed by atoms with E-state index in [1.807, 2.05) is 31.4 Å². The molecule has 20 heavy (non-hydrogen) atoms. The molecule has 1 N–H and O–H groups in total. The first-order valence-electron chi connectivity index (χ1n) is 6.57. The van der Waals surface area contributed by atoms with Crippen LogP contribution in [0.15, 0.2) is 48.8 Å².